The van der Waals surface area contributed by atoms with Gasteiger partial charge in [0.1, 0.15) is 6.04 Å². The van der Waals surface area contributed by atoms with E-state index in [4.69, 9.17) is 5.73 Å². The fraction of sp³-hybridized carbons (Fsp3) is 0.476. The third-order valence-electron chi connectivity index (χ3n) is 5.70. The molecule has 2 heterocycles. The fourth-order valence-electron chi connectivity index (χ4n) is 4.22. The lowest BCUT2D eigenvalue weighted by atomic mass is 9.91. The molecule has 11 heteroatoms. The van der Waals surface area contributed by atoms with Gasteiger partial charge >= 0.3 is 5.97 Å². The van der Waals surface area contributed by atoms with E-state index in [9.17, 15) is 34.2 Å². The molecular weight excluding hydrogens is 420 g/mol. The van der Waals surface area contributed by atoms with Crippen molar-refractivity contribution in [3.05, 3.63) is 35.4 Å². The van der Waals surface area contributed by atoms with Gasteiger partial charge in [0.05, 0.1) is 36.2 Å². The number of imide groups is 2. The molecule has 32 heavy (non-hydrogen) atoms. The molecule has 2 aliphatic rings. The summed E-state index contributed by atoms with van der Waals surface area (Å²) in [5.41, 5.74) is 6.17. The highest BCUT2D eigenvalue weighted by molar-refractivity contribution is 6.21. The highest BCUT2D eigenvalue weighted by atomic mass is 16.4. The Balaban J connectivity index is 2.01. The summed E-state index contributed by atoms with van der Waals surface area (Å²) < 4.78 is 0. The molecule has 2 unspecified atom stereocenters. The van der Waals surface area contributed by atoms with Gasteiger partial charge in [0.2, 0.25) is 11.8 Å². The summed E-state index contributed by atoms with van der Waals surface area (Å²) in [5.74, 6) is -5.40. The fourth-order valence-corrected chi connectivity index (χ4v) is 4.22. The zero-order chi connectivity index (χ0) is 23.7. The van der Waals surface area contributed by atoms with Gasteiger partial charge in [0.25, 0.3) is 11.8 Å². The van der Waals surface area contributed by atoms with Crippen LogP contribution in [0.15, 0.2) is 24.3 Å². The summed E-state index contributed by atoms with van der Waals surface area (Å²) in [4.78, 5) is 64.3. The molecule has 1 aromatic rings. The van der Waals surface area contributed by atoms with Crippen molar-refractivity contribution in [2.45, 2.75) is 32.4 Å². The monoisotopic (exact) mass is 446 g/mol. The predicted molar refractivity (Wildman–Crippen MR) is 110 cm³/mol. The summed E-state index contributed by atoms with van der Waals surface area (Å²) in [5, 5.41) is 21.0. The molecular formula is C21H26N4O7. The van der Waals surface area contributed by atoms with Crippen LogP contribution in [0.2, 0.25) is 0 Å². The topological polar surface area (TPSA) is 162 Å². The van der Waals surface area contributed by atoms with E-state index in [0.717, 1.165) is 14.9 Å². The van der Waals surface area contributed by atoms with E-state index >= 15 is 0 Å². The molecule has 1 saturated heterocycles. The number of nitrogens with two attached hydrogens (primary N) is 1. The zero-order valence-corrected chi connectivity index (χ0v) is 17.8. The summed E-state index contributed by atoms with van der Waals surface area (Å²) in [6.07, 6.45) is -0.0797. The molecule has 0 saturated carbocycles. The molecule has 4 amide bonds. The standard InChI is InChI=1S/C21H26N4O7/c1-11(2)16(21(31)32)24(25-18(28)13-5-3-4-6-14(13)19(25)29)10-12-9-15(22)20(30)23(7-8-26)17(12)27/h3-6,11-12,15-16,26H,7-10,22H2,1-2H3,(H,31,32)/t12?,15?,16-/m0/s1. The van der Waals surface area contributed by atoms with Gasteiger partial charge in [-0.15, -0.1) is 0 Å². The Morgan fingerprint density at radius 2 is 1.69 bits per heavy atom. The van der Waals surface area contributed by atoms with Gasteiger partial charge < -0.3 is 15.9 Å². The number of hydrazine groups is 1. The van der Waals surface area contributed by atoms with Crippen LogP contribution < -0.4 is 5.73 Å². The minimum Gasteiger partial charge on any atom is -0.480 e. The Bertz CT molecular complexity index is 928. The maximum absolute atomic E-state index is 13.1. The first-order chi connectivity index (χ1) is 15.1. The van der Waals surface area contributed by atoms with Crippen molar-refractivity contribution in [1.29, 1.82) is 0 Å². The van der Waals surface area contributed by atoms with Crippen molar-refractivity contribution >= 4 is 29.6 Å². The van der Waals surface area contributed by atoms with E-state index < -0.39 is 60.1 Å². The SMILES string of the molecule is CC(C)[C@@H](C(=O)O)N(CC1CC(N)C(=O)N(CCO)C1=O)N1C(=O)c2ccccc2C1=O. The number of carboxylic acids is 1. The molecule has 4 N–H and O–H groups in total. The molecule has 11 nitrogen and oxygen atoms in total. The van der Waals surface area contributed by atoms with Gasteiger partial charge in [-0.1, -0.05) is 26.0 Å². The van der Waals surface area contributed by atoms with Gasteiger partial charge in [-0.3, -0.25) is 28.9 Å². The molecule has 3 atom stereocenters. The van der Waals surface area contributed by atoms with Crippen LogP contribution in [0.3, 0.4) is 0 Å². The maximum Gasteiger partial charge on any atom is 0.323 e. The molecule has 0 bridgehead atoms. The quantitative estimate of drug-likeness (QED) is 0.439. The molecule has 2 aliphatic heterocycles. The summed E-state index contributed by atoms with van der Waals surface area (Å²) in [7, 11) is 0. The Labute approximate surface area is 184 Å². The number of carboxylic acid groups (broad SMARTS) is 1. The lowest BCUT2D eigenvalue weighted by Crippen LogP contribution is -2.62. The van der Waals surface area contributed by atoms with Gasteiger partial charge in [-0.05, 0) is 24.5 Å². The normalized spacial score (nSPS) is 22.2. The minimum atomic E-state index is -1.30. The number of carbonyl (C=O) groups excluding carboxylic acids is 4. The molecule has 0 spiro atoms. The highest BCUT2D eigenvalue weighted by Gasteiger charge is 2.48. The number of amides is 4. The largest absolute Gasteiger partial charge is 0.480 e. The number of carbonyl (C=O) groups is 5. The highest BCUT2D eigenvalue weighted by Crippen LogP contribution is 2.30. The molecule has 1 aromatic carbocycles. The zero-order valence-electron chi connectivity index (χ0n) is 17.8. The number of β-amino-alcohol motifs (C(OH)–C–C–N with tert-alkyl or cyclic N) is 1. The van der Waals surface area contributed by atoms with Gasteiger partial charge in [-0.25, -0.2) is 5.01 Å². The van der Waals surface area contributed by atoms with Crippen LogP contribution in [-0.2, 0) is 14.4 Å². The average molecular weight is 446 g/mol. The van der Waals surface area contributed by atoms with Crippen LogP contribution in [0.1, 0.15) is 41.0 Å². The molecule has 0 aliphatic carbocycles. The average Bonchev–Trinajstić information content (AvgIpc) is 2.98. The second-order valence-corrected chi connectivity index (χ2v) is 8.21. The van der Waals surface area contributed by atoms with E-state index in [1.54, 1.807) is 26.0 Å². The van der Waals surface area contributed by atoms with Crippen LogP contribution in [0.25, 0.3) is 0 Å². The summed E-state index contributed by atoms with van der Waals surface area (Å²) >= 11 is 0. The Morgan fingerprint density at radius 3 is 2.16 bits per heavy atom. The number of piperidine rings is 1. The number of hydrogen-bond donors (Lipinski definition) is 3. The summed E-state index contributed by atoms with van der Waals surface area (Å²) in [6.45, 7) is 2.23. The van der Waals surface area contributed by atoms with Gasteiger partial charge in [-0.2, -0.15) is 5.01 Å². The Kier molecular flexibility index (Phi) is 6.72. The van der Waals surface area contributed by atoms with Crippen LogP contribution in [-0.4, -0.2) is 86.5 Å². The number of benzene rings is 1. The maximum atomic E-state index is 13.1. The van der Waals surface area contributed by atoms with Crippen molar-refractivity contribution < 1.29 is 34.2 Å². The Morgan fingerprint density at radius 1 is 1.12 bits per heavy atom. The van der Waals surface area contributed by atoms with Crippen LogP contribution in [0.5, 0.6) is 0 Å². The number of likely N-dealkylation sites (tertiary alicyclic amines) is 1. The van der Waals surface area contributed by atoms with Crippen molar-refractivity contribution in [2.75, 3.05) is 19.7 Å². The number of hydrogen-bond acceptors (Lipinski definition) is 8. The van der Waals surface area contributed by atoms with E-state index in [-0.39, 0.29) is 30.6 Å². The second-order valence-electron chi connectivity index (χ2n) is 8.21. The van der Waals surface area contributed by atoms with Gasteiger partial charge in [0, 0.05) is 6.54 Å². The lowest BCUT2D eigenvalue weighted by Gasteiger charge is -2.41. The number of fused-ring (bicyclic) bond motifs is 1. The first kappa shape index (κ1) is 23.5. The van der Waals surface area contributed by atoms with E-state index in [0.29, 0.717) is 0 Å². The van der Waals surface area contributed by atoms with Gasteiger partial charge in [0.15, 0.2) is 0 Å². The summed E-state index contributed by atoms with van der Waals surface area (Å²) in [6, 6.07) is 3.80. The number of rotatable bonds is 8. The van der Waals surface area contributed by atoms with Crippen molar-refractivity contribution in [3.63, 3.8) is 0 Å². The van der Waals surface area contributed by atoms with E-state index in [2.05, 4.69) is 0 Å². The third-order valence-corrected chi connectivity index (χ3v) is 5.70. The van der Waals surface area contributed by atoms with Crippen LogP contribution in [0, 0.1) is 11.8 Å². The molecule has 1 fully saturated rings. The predicted octanol–water partition coefficient (Wildman–Crippen LogP) is -0.696. The molecule has 172 valence electrons. The number of aliphatic hydroxyl groups excluding tert-OH is 1. The molecule has 0 radical (unpaired) electrons. The van der Waals surface area contributed by atoms with Crippen LogP contribution >= 0.6 is 0 Å². The van der Waals surface area contributed by atoms with E-state index in [1.807, 2.05) is 0 Å². The third kappa shape index (κ3) is 4.01. The number of aliphatic hydroxyl groups is 1. The van der Waals surface area contributed by atoms with Crippen molar-refractivity contribution in [3.8, 4) is 0 Å². The van der Waals surface area contributed by atoms with Crippen molar-refractivity contribution in [2.24, 2.45) is 17.6 Å². The number of nitrogens with zero attached hydrogens (tertiary/aromatic N) is 3. The number of aliphatic carboxylic acids is 1. The van der Waals surface area contributed by atoms with E-state index in [1.165, 1.54) is 12.1 Å². The van der Waals surface area contributed by atoms with Crippen LogP contribution in [0.4, 0.5) is 0 Å². The first-order valence-electron chi connectivity index (χ1n) is 10.3. The first-order valence-corrected chi connectivity index (χ1v) is 10.3. The smallest absolute Gasteiger partial charge is 0.323 e. The molecule has 0 aromatic heterocycles. The molecule has 3 rings (SSSR count). The Hall–Kier alpha value is -3.15. The van der Waals surface area contributed by atoms with Crippen molar-refractivity contribution in [1.82, 2.24) is 14.9 Å². The minimum absolute atomic E-state index is 0.0797. The second kappa shape index (κ2) is 9.15. The lowest BCUT2D eigenvalue weighted by molar-refractivity contribution is -0.160.